The number of allylic oxidation sites excluding steroid dienone is 8. The second-order valence-electron chi connectivity index (χ2n) is 9.97. The maximum Gasteiger partial charge on any atom is 0.0413 e. The topological polar surface area (TPSA) is 12.0 Å². The fourth-order valence-corrected chi connectivity index (χ4v) is 5.29. The molecule has 0 saturated heterocycles. The summed E-state index contributed by atoms with van der Waals surface area (Å²) in [4.78, 5) is 0. The van der Waals surface area contributed by atoms with E-state index < -0.39 is 0 Å². The van der Waals surface area contributed by atoms with Gasteiger partial charge in [-0.05, 0) is 98.3 Å². The van der Waals surface area contributed by atoms with Crippen LogP contribution in [-0.2, 0) is 0 Å². The number of nitrogens with one attached hydrogen (secondary N) is 1. The van der Waals surface area contributed by atoms with Crippen LogP contribution < -0.4 is 5.32 Å². The van der Waals surface area contributed by atoms with Crippen molar-refractivity contribution in [2.45, 2.75) is 132 Å². The van der Waals surface area contributed by atoms with Gasteiger partial charge in [0.2, 0.25) is 0 Å². The molecule has 1 saturated carbocycles. The Bertz CT molecular complexity index is 943. The molecule has 0 aromatic heterocycles. The normalized spacial score (nSPS) is 16.7. The van der Waals surface area contributed by atoms with Gasteiger partial charge in [0.15, 0.2) is 0 Å². The van der Waals surface area contributed by atoms with Crippen LogP contribution in [0.25, 0.3) is 5.57 Å². The highest BCUT2D eigenvalue weighted by Crippen LogP contribution is 2.38. The van der Waals surface area contributed by atoms with E-state index in [0.29, 0.717) is 0 Å². The molecule has 1 aromatic rings. The predicted octanol–water partition coefficient (Wildman–Crippen LogP) is 11.7. The Labute approximate surface area is 230 Å². The van der Waals surface area contributed by atoms with Crippen LogP contribution in [0.3, 0.4) is 0 Å². The van der Waals surface area contributed by atoms with Gasteiger partial charge in [-0.2, -0.15) is 0 Å². The molecule has 2 aliphatic carbocycles. The first kappa shape index (κ1) is 32.7. The number of rotatable bonds is 8. The molecule has 0 radical (unpaired) electrons. The summed E-state index contributed by atoms with van der Waals surface area (Å²) in [6, 6.07) is 7.00. The summed E-state index contributed by atoms with van der Waals surface area (Å²) in [5, 5.41) is 3.77. The Morgan fingerprint density at radius 3 is 2.16 bits per heavy atom. The van der Waals surface area contributed by atoms with Crippen LogP contribution in [0.2, 0.25) is 0 Å². The van der Waals surface area contributed by atoms with Gasteiger partial charge >= 0.3 is 0 Å². The second kappa shape index (κ2) is 18.9. The number of unbranched alkanes of at least 4 members (excludes halogenated alkanes) is 1. The highest BCUT2D eigenvalue weighted by Gasteiger charge is 2.20. The summed E-state index contributed by atoms with van der Waals surface area (Å²) >= 11 is 0. The van der Waals surface area contributed by atoms with E-state index in [-0.39, 0.29) is 0 Å². The minimum absolute atomic E-state index is 0.742. The third-order valence-corrected chi connectivity index (χ3v) is 7.62. The van der Waals surface area contributed by atoms with E-state index in [0.717, 1.165) is 25.2 Å². The lowest BCUT2D eigenvalue weighted by Gasteiger charge is -2.26. The zero-order valence-corrected chi connectivity index (χ0v) is 25.8. The van der Waals surface area contributed by atoms with Gasteiger partial charge in [-0.15, -0.1) is 0 Å². The van der Waals surface area contributed by atoms with Crippen molar-refractivity contribution in [1.29, 1.82) is 0 Å². The predicted molar refractivity (Wildman–Crippen MR) is 169 cm³/mol. The lowest BCUT2D eigenvalue weighted by Crippen LogP contribution is -2.15. The average Bonchev–Trinajstić information content (AvgIpc) is 3.19. The molecule has 0 bridgehead atoms. The molecular formula is C36H57N. The molecule has 1 nitrogen and oxygen atoms in total. The molecule has 0 atom stereocenters. The van der Waals surface area contributed by atoms with E-state index in [4.69, 9.17) is 0 Å². The van der Waals surface area contributed by atoms with Gasteiger partial charge in [-0.1, -0.05) is 116 Å². The van der Waals surface area contributed by atoms with Gasteiger partial charge in [0, 0.05) is 11.4 Å². The average molecular weight is 504 g/mol. The maximum absolute atomic E-state index is 3.77. The van der Waals surface area contributed by atoms with Crippen molar-refractivity contribution >= 4 is 5.57 Å². The summed E-state index contributed by atoms with van der Waals surface area (Å²) in [6.45, 7) is 19.7. The molecule has 37 heavy (non-hydrogen) atoms. The van der Waals surface area contributed by atoms with Gasteiger partial charge in [-0.25, -0.2) is 0 Å². The first-order valence-electron chi connectivity index (χ1n) is 15.3. The fourth-order valence-electron chi connectivity index (χ4n) is 5.29. The van der Waals surface area contributed by atoms with Crippen LogP contribution >= 0.6 is 0 Å². The Hall–Kier alpha value is -2.28. The first-order valence-corrected chi connectivity index (χ1v) is 15.3. The van der Waals surface area contributed by atoms with Crippen LogP contribution in [-0.4, -0.2) is 0 Å². The molecule has 1 heteroatoms. The second-order valence-corrected chi connectivity index (χ2v) is 9.97. The van der Waals surface area contributed by atoms with Gasteiger partial charge in [-0.3, -0.25) is 0 Å². The monoisotopic (exact) mass is 503 g/mol. The molecule has 0 heterocycles. The van der Waals surface area contributed by atoms with E-state index >= 15 is 0 Å². The largest absolute Gasteiger partial charge is 0.355 e. The Kier molecular flexibility index (Phi) is 16.7. The molecular weight excluding hydrogens is 446 g/mol. The Morgan fingerprint density at radius 2 is 1.59 bits per heavy atom. The summed E-state index contributed by atoms with van der Waals surface area (Å²) < 4.78 is 0. The Morgan fingerprint density at radius 1 is 0.946 bits per heavy atom. The zero-order valence-electron chi connectivity index (χ0n) is 25.8. The van der Waals surface area contributed by atoms with E-state index in [2.05, 4.69) is 102 Å². The molecule has 0 unspecified atom stereocenters. The summed E-state index contributed by atoms with van der Waals surface area (Å²) in [5.74, 6) is 0.742. The van der Waals surface area contributed by atoms with Gasteiger partial charge in [0.1, 0.15) is 0 Å². The smallest absolute Gasteiger partial charge is 0.0413 e. The van der Waals surface area contributed by atoms with Crippen LogP contribution in [0.1, 0.15) is 142 Å². The molecule has 1 fully saturated rings. The molecule has 206 valence electrons. The zero-order chi connectivity index (χ0) is 27.6. The fraction of sp³-hybridized carbons (Fsp3) is 0.556. The van der Waals surface area contributed by atoms with Crippen molar-refractivity contribution in [3.8, 4) is 0 Å². The van der Waals surface area contributed by atoms with Crippen LogP contribution in [0, 0.1) is 6.92 Å². The van der Waals surface area contributed by atoms with Gasteiger partial charge < -0.3 is 5.32 Å². The third kappa shape index (κ3) is 9.84. The lowest BCUT2D eigenvalue weighted by atomic mass is 9.80. The highest BCUT2D eigenvalue weighted by molar-refractivity contribution is 5.74. The molecule has 0 aliphatic heterocycles. The van der Waals surface area contributed by atoms with Crippen LogP contribution in [0.4, 0.5) is 0 Å². The van der Waals surface area contributed by atoms with Crippen molar-refractivity contribution in [3.63, 3.8) is 0 Å². The van der Waals surface area contributed by atoms with E-state index in [9.17, 15) is 0 Å². The number of benzene rings is 1. The number of hydrogen-bond acceptors (Lipinski definition) is 1. The quantitative estimate of drug-likeness (QED) is 0.348. The Balaban J connectivity index is 0.00000104. The maximum atomic E-state index is 3.77. The van der Waals surface area contributed by atoms with Crippen molar-refractivity contribution in [2.75, 3.05) is 0 Å². The molecule has 0 amide bonds. The van der Waals surface area contributed by atoms with Crippen LogP contribution in [0.15, 0.2) is 71.1 Å². The summed E-state index contributed by atoms with van der Waals surface area (Å²) in [5.41, 5.74) is 11.2. The van der Waals surface area contributed by atoms with Gasteiger partial charge in [0.05, 0.1) is 0 Å². The molecule has 3 rings (SSSR count). The highest BCUT2D eigenvalue weighted by atomic mass is 14.9. The third-order valence-electron chi connectivity index (χ3n) is 7.62. The molecule has 0 spiro atoms. The van der Waals surface area contributed by atoms with E-state index in [1.807, 2.05) is 13.8 Å². The van der Waals surface area contributed by atoms with E-state index in [1.165, 1.54) is 84.2 Å². The minimum atomic E-state index is 0.742. The van der Waals surface area contributed by atoms with Crippen molar-refractivity contribution in [1.82, 2.24) is 5.32 Å². The van der Waals surface area contributed by atoms with E-state index in [1.54, 1.807) is 5.56 Å². The van der Waals surface area contributed by atoms with Crippen molar-refractivity contribution in [3.05, 3.63) is 87.8 Å². The first-order chi connectivity index (χ1) is 18.0. The molecule has 2 aliphatic rings. The van der Waals surface area contributed by atoms with Gasteiger partial charge in [0.25, 0.3) is 0 Å². The summed E-state index contributed by atoms with van der Waals surface area (Å²) in [7, 11) is 0. The van der Waals surface area contributed by atoms with Crippen molar-refractivity contribution < 1.29 is 0 Å². The molecule has 1 N–H and O–H groups in total. The SMILES string of the molecule is C/C=C(NC1=C(CC)C=CCC=C1)\C(C)=C(/CC)c1cccc(C2CCCCC2)c1C.CC.CCCC. The molecule has 1 aromatic carbocycles. The van der Waals surface area contributed by atoms with Crippen LogP contribution in [0.5, 0.6) is 0 Å². The number of hydrogen-bond donors (Lipinski definition) is 1. The minimum Gasteiger partial charge on any atom is -0.355 e. The lowest BCUT2D eigenvalue weighted by molar-refractivity contribution is 0.442. The standard InChI is InChI=1S/C30H41N.C4H10.C2H6/c1-6-24-16-11-10-14-21-30(24)31-29(8-3)23(5)26(7-2)28-20-15-19-27(22(28)4)25-17-12-9-13-18-25;1-3-4-2;1-2/h8,11,14-16,19-21,25,31H,6-7,9-10,12-13,17-18H2,1-5H3;3-4H2,1-2H3;1-2H3/b26-23+,29-8+;;. The summed E-state index contributed by atoms with van der Waals surface area (Å²) in [6.07, 6.45) is 23.8. The van der Waals surface area contributed by atoms with Crippen molar-refractivity contribution in [2.24, 2.45) is 0 Å².